The molecule has 0 unspecified atom stereocenters. The number of benzene rings is 1. The lowest BCUT2D eigenvalue weighted by atomic mass is 10.2. The van der Waals surface area contributed by atoms with Crippen molar-refractivity contribution in [3.63, 3.8) is 0 Å². The molecule has 0 atom stereocenters. The summed E-state index contributed by atoms with van der Waals surface area (Å²) < 4.78 is 25.8. The summed E-state index contributed by atoms with van der Waals surface area (Å²) in [6.07, 6.45) is 0.797. The fourth-order valence-corrected chi connectivity index (χ4v) is 2.34. The van der Waals surface area contributed by atoms with Gasteiger partial charge in [-0.25, -0.2) is 13.1 Å². The van der Waals surface area contributed by atoms with E-state index in [1.54, 1.807) is 18.2 Å². The van der Waals surface area contributed by atoms with E-state index < -0.39 is 10.0 Å². The Kier molecular flexibility index (Phi) is 3.66. The van der Waals surface area contributed by atoms with Crippen LogP contribution in [0.1, 0.15) is 18.9 Å². The molecule has 0 radical (unpaired) electrons. The molecule has 0 aliphatic heterocycles. The third-order valence-electron chi connectivity index (χ3n) is 1.84. The third kappa shape index (κ3) is 2.82. The molecule has 0 saturated heterocycles. The van der Waals surface area contributed by atoms with E-state index >= 15 is 0 Å². The van der Waals surface area contributed by atoms with Crippen molar-refractivity contribution in [3.8, 4) is 0 Å². The Morgan fingerprint density at radius 1 is 1.36 bits per heavy atom. The van der Waals surface area contributed by atoms with Crippen LogP contribution in [0.4, 0.5) is 0 Å². The maximum atomic E-state index is 11.6. The summed E-state index contributed by atoms with van der Waals surface area (Å²) in [5.74, 6) is 0. The fourth-order valence-electron chi connectivity index (χ4n) is 1.10. The molecular weight excluding hydrogens is 198 g/mol. The van der Waals surface area contributed by atoms with Gasteiger partial charge in [0.2, 0.25) is 10.0 Å². The van der Waals surface area contributed by atoms with Crippen molar-refractivity contribution < 1.29 is 8.42 Å². The lowest BCUT2D eigenvalue weighted by Crippen LogP contribution is -2.24. The van der Waals surface area contributed by atoms with Crippen LogP contribution in [0.2, 0.25) is 0 Å². The van der Waals surface area contributed by atoms with Crippen LogP contribution in [0.3, 0.4) is 0 Å². The zero-order valence-electron chi connectivity index (χ0n) is 8.45. The van der Waals surface area contributed by atoms with Crippen LogP contribution in [0.15, 0.2) is 29.2 Å². The molecule has 0 fully saturated rings. The SMILES string of the molecule is CCCNS(=O)(=O)c1cccc(C)c1. The van der Waals surface area contributed by atoms with Crippen molar-refractivity contribution in [1.29, 1.82) is 0 Å². The average molecular weight is 213 g/mol. The predicted octanol–water partition coefficient (Wildman–Crippen LogP) is 1.68. The first-order valence-electron chi connectivity index (χ1n) is 4.62. The van der Waals surface area contributed by atoms with Gasteiger partial charge in [-0.15, -0.1) is 0 Å². The minimum atomic E-state index is -3.29. The number of nitrogens with one attached hydrogen (secondary N) is 1. The normalized spacial score (nSPS) is 11.6. The standard InChI is InChI=1S/C10H15NO2S/c1-3-7-11-14(12,13)10-6-4-5-9(2)8-10/h4-6,8,11H,3,7H2,1-2H3. The second-order valence-corrected chi connectivity index (χ2v) is 4.98. The van der Waals surface area contributed by atoms with Gasteiger partial charge in [-0.3, -0.25) is 0 Å². The smallest absolute Gasteiger partial charge is 0.211 e. The Balaban J connectivity index is 2.93. The molecule has 0 aromatic heterocycles. The molecule has 0 spiro atoms. The summed E-state index contributed by atoms with van der Waals surface area (Å²) >= 11 is 0. The van der Waals surface area contributed by atoms with Gasteiger partial charge in [0, 0.05) is 6.54 Å². The lowest BCUT2D eigenvalue weighted by Gasteiger charge is -2.05. The molecule has 1 aromatic carbocycles. The highest BCUT2D eigenvalue weighted by Gasteiger charge is 2.11. The van der Waals surface area contributed by atoms with Crippen LogP contribution in [0.25, 0.3) is 0 Å². The van der Waals surface area contributed by atoms with Gasteiger partial charge in [0.15, 0.2) is 0 Å². The van der Waals surface area contributed by atoms with Crippen LogP contribution in [0, 0.1) is 6.92 Å². The number of hydrogen-bond donors (Lipinski definition) is 1. The highest BCUT2D eigenvalue weighted by molar-refractivity contribution is 7.89. The van der Waals surface area contributed by atoms with E-state index in [2.05, 4.69) is 4.72 Å². The van der Waals surface area contributed by atoms with Crippen LogP contribution in [0.5, 0.6) is 0 Å². The van der Waals surface area contributed by atoms with Gasteiger partial charge in [0.05, 0.1) is 4.90 Å². The van der Waals surface area contributed by atoms with Crippen molar-refractivity contribution in [3.05, 3.63) is 29.8 Å². The summed E-state index contributed by atoms with van der Waals surface area (Å²) in [5.41, 5.74) is 0.948. The maximum Gasteiger partial charge on any atom is 0.240 e. The van der Waals surface area contributed by atoms with E-state index in [4.69, 9.17) is 0 Å². The first kappa shape index (κ1) is 11.2. The van der Waals surface area contributed by atoms with Crippen molar-refractivity contribution in [1.82, 2.24) is 4.72 Å². The van der Waals surface area contributed by atoms with Crippen molar-refractivity contribution in [2.24, 2.45) is 0 Å². The van der Waals surface area contributed by atoms with E-state index in [1.165, 1.54) is 0 Å². The molecule has 1 aromatic rings. The van der Waals surface area contributed by atoms with E-state index in [-0.39, 0.29) is 0 Å². The molecule has 0 bridgehead atoms. The van der Waals surface area contributed by atoms with Gasteiger partial charge in [0.25, 0.3) is 0 Å². The molecule has 1 rings (SSSR count). The highest BCUT2D eigenvalue weighted by Crippen LogP contribution is 2.10. The predicted molar refractivity (Wildman–Crippen MR) is 56.7 cm³/mol. The van der Waals surface area contributed by atoms with Gasteiger partial charge in [0.1, 0.15) is 0 Å². The molecule has 4 heteroatoms. The summed E-state index contributed by atoms with van der Waals surface area (Å²) in [5, 5.41) is 0. The summed E-state index contributed by atoms with van der Waals surface area (Å²) in [7, 11) is -3.29. The van der Waals surface area contributed by atoms with Gasteiger partial charge < -0.3 is 0 Å². The third-order valence-corrected chi connectivity index (χ3v) is 3.30. The molecule has 0 aliphatic carbocycles. The number of aryl methyl sites for hydroxylation is 1. The molecule has 14 heavy (non-hydrogen) atoms. The van der Waals surface area contributed by atoms with Crippen LogP contribution < -0.4 is 4.72 Å². The minimum absolute atomic E-state index is 0.339. The monoisotopic (exact) mass is 213 g/mol. The zero-order valence-corrected chi connectivity index (χ0v) is 9.26. The zero-order chi connectivity index (χ0) is 10.6. The number of hydrogen-bond acceptors (Lipinski definition) is 2. The van der Waals surface area contributed by atoms with Gasteiger partial charge in [-0.05, 0) is 31.0 Å². The Morgan fingerprint density at radius 2 is 2.07 bits per heavy atom. The van der Waals surface area contributed by atoms with Gasteiger partial charge in [-0.2, -0.15) is 0 Å². The molecule has 0 saturated carbocycles. The number of sulfonamides is 1. The molecule has 0 heterocycles. The molecule has 3 nitrogen and oxygen atoms in total. The molecular formula is C10H15NO2S. The van der Waals surface area contributed by atoms with Crippen LogP contribution >= 0.6 is 0 Å². The van der Waals surface area contributed by atoms with Crippen LogP contribution in [-0.4, -0.2) is 15.0 Å². The van der Waals surface area contributed by atoms with Gasteiger partial charge in [-0.1, -0.05) is 19.1 Å². The first-order valence-corrected chi connectivity index (χ1v) is 6.11. The molecule has 0 aliphatic rings. The lowest BCUT2D eigenvalue weighted by molar-refractivity contribution is 0.580. The topological polar surface area (TPSA) is 46.2 Å². The first-order chi connectivity index (χ1) is 6.56. The van der Waals surface area contributed by atoms with Crippen molar-refractivity contribution >= 4 is 10.0 Å². The summed E-state index contributed by atoms with van der Waals surface area (Å²) in [6, 6.07) is 6.89. The Labute approximate surface area is 85.2 Å². The number of rotatable bonds is 4. The van der Waals surface area contributed by atoms with E-state index in [0.717, 1.165) is 12.0 Å². The fraction of sp³-hybridized carbons (Fsp3) is 0.400. The largest absolute Gasteiger partial charge is 0.240 e. The molecule has 0 amide bonds. The van der Waals surface area contributed by atoms with E-state index in [0.29, 0.717) is 11.4 Å². The summed E-state index contributed by atoms with van der Waals surface area (Å²) in [4.78, 5) is 0.339. The average Bonchev–Trinajstić information content (AvgIpc) is 2.15. The van der Waals surface area contributed by atoms with Crippen LogP contribution in [-0.2, 0) is 10.0 Å². The second kappa shape index (κ2) is 4.57. The van der Waals surface area contributed by atoms with Crippen molar-refractivity contribution in [2.75, 3.05) is 6.54 Å². The summed E-state index contributed by atoms with van der Waals surface area (Å²) in [6.45, 7) is 4.29. The Hall–Kier alpha value is -0.870. The minimum Gasteiger partial charge on any atom is -0.211 e. The quantitative estimate of drug-likeness (QED) is 0.827. The molecule has 78 valence electrons. The van der Waals surface area contributed by atoms with E-state index in [1.807, 2.05) is 19.9 Å². The maximum absolute atomic E-state index is 11.6. The van der Waals surface area contributed by atoms with Crippen molar-refractivity contribution in [2.45, 2.75) is 25.2 Å². The second-order valence-electron chi connectivity index (χ2n) is 3.21. The molecule has 1 N–H and O–H groups in total. The Bertz CT molecular complexity index is 398. The Morgan fingerprint density at radius 3 is 2.64 bits per heavy atom. The van der Waals surface area contributed by atoms with E-state index in [9.17, 15) is 8.42 Å². The highest BCUT2D eigenvalue weighted by atomic mass is 32.2. The van der Waals surface area contributed by atoms with Gasteiger partial charge >= 0.3 is 0 Å².